The monoisotopic (exact) mass is 361 g/mol. The average Bonchev–Trinajstić information content (AvgIpc) is 2.50. The van der Waals surface area contributed by atoms with Crippen molar-refractivity contribution in [2.45, 2.75) is 64.7 Å². The number of rotatable bonds is 3. The first-order chi connectivity index (χ1) is 12.1. The molecular weight excluding hydrogens is 330 g/mol. The third-order valence-corrected chi connectivity index (χ3v) is 5.60. The van der Waals surface area contributed by atoms with Crippen molar-refractivity contribution in [3.05, 3.63) is 23.3 Å². The summed E-state index contributed by atoms with van der Waals surface area (Å²) in [6.45, 7) is 8.34. The molecule has 1 saturated carbocycles. The van der Waals surface area contributed by atoms with Gasteiger partial charge in [0.1, 0.15) is 0 Å². The Hall–Kier alpha value is -1.59. The molecule has 0 aromatic heterocycles. The lowest BCUT2D eigenvalue weighted by atomic mass is 9.66. The maximum Gasteiger partial charge on any atom is 0.161 e. The minimum Gasteiger partial charge on any atom is -0.493 e. The molecule has 26 heavy (non-hydrogen) atoms. The van der Waals surface area contributed by atoms with E-state index in [1.54, 1.807) is 14.2 Å². The first-order valence-electron chi connectivity index (χ1n) is 9.28. The highest BCUT2D eigenvalue weighted by Crippen LogP contribution is 2.43. The van der Waals surface area contributed by atoms with Crippen LogP contribution in [0.4, 0.5) is 0 Å². The van der Waals surface area contributed by atoms with E-state index in [-0.39, 0.29) is 16.9 Å². The number of aliphatic hydroxyl groups excluding tert-OH is 2. The molecule has 2 aliphatic rings. The Bertz CT molecular complexity index is 709. The van der Waals surface area contributed by atoms with Gasteiger partial charge in [-0.1, -0.05) is 13.8 Å². The van der Waals surface area contributed by atoms with Crippen molar-refractivity contribution in [3.63, 3.8) is 0 Å². The average molecular weight is 361 g/mol. The van der Waals surface area contributed by atoms with Gasteiger partial charge in [-0.15, -0.1) is 0 Å². The molecule has 1 aromatic rings. The van der Waals surface area contributed by atoms with Crippen LogP contribution in [0.1, 0.15) is 51.7 Å². The van der Waals surface area contributed by atoms with Gasteiger partial charge in [-0.25, -0.2) is 0 Å². The molecule has 1 aromatic carbocycles. The SMILES string of the molecule is COc1cc2c(cc1OC)C(C1C(O)CC(C)(C)CC1O)=NC(C)(C)C2. The lowest BCUT2D eigenvalue weighted by molar-refractivity contribution is -0.0418. The van der Waals surface area contributed by atoms with E-state index in [9.17, 15) is 10.2 Å². The van der Waals surface area contributed by atoms with Crippen molar-refractivity contribution < 1.29 is 19.7 Å². The zero-order chi connectivity index (χ0) is 19.3. The van der Waals surface area contributed by atoms with E-state index in [1.165, 1.54) is 0 Å². The fourth-order valence-electron chi connectivity index (χ4n) is 4.54. The van der Waals surface area contributed by atoms with Gasteiger partial charge in [0.05, 0.1) is 43.6 Å². The van der Waals surface area contributed by atoms with Gasteiger partial charge in [0.2, 0.25) is 0 Å². The molecule has 1 heterocycles. The molecule has 1 aliphatic heterocycles. The lowest BCUT2D eigenvalue weighted by Gasteiger charge is -2.44. The number of ether oxygens (including phenoxy) is 2. The standard InChI is InChI=1S/C21H31NO4/c1-20(2)10-14(23)18(15(24)11-20)19-13-8-17(26-6)16(25-5)7-12(13)9-21(3,4)22-19/h7-8,14-15,18,23-24H,9-11H2,1-6H3. The second-order valence-corrected chi connectivity index (χ2v) is 9.08. The van der Waals surface area contributed by atoms with Gasteiger partial charge >= 0.3 is 0 Å². The van der Waals surface area contributed by atoms with Crippen LogP contribution in [-0.2, 0) is 6.42 Å². The van der Waals surface area contributed by atoms with Gasteiger partial charge < -0.3 is 19.7 Å². The minimum absolute atomic E-state index is 0.0828. The summed E-state index contributed by atoms with van der Waals surface area (Å²) in [6, 6.07) is 3.93. The first kappa shape index (κ1) is 19.2. The minimum atomic E-state index is -0.623. The number of aliphatic imine (C=N–C) groups is 1. The summed E-state index contributed by atoms with van der Waals surface area (Å²) < 4.78 is 10.9. The van der Waals surface area contributed by atoms with Crippen LogP contribution in [0.15, 0.2) is 17.1 Å². The molecule has 2 N–H and O–H groups in total. The van der Waals surface area contributed by atoms with E-state index >= 15 is 0 Å². The fraction of sp³-hybridized carbons (Fsp3) is 0.667. The molecule has 144 valence electrons. The summed E-state index contributed by atoms with van der Waals surface area (Å²) >= 11 is 0. The van der Waals surface area contributed by atoms with E-state index < -0.39 is 12.2 Å². The molecule has 0 radical (unpaired) electrons. The Morgan fingerprint density at radius 3 is 2.04 bits per heavy atom. The highest BCUT2D eigenvalue weighted by molar-refractivity contribution is 6.05. The van der Waals surface area contributed by atoms with E-state index in [4.69, 9.17) is 14.5 Å². The number of nitrogens with zero attached hydrogens (tertiary/aromatic N) is 1. The number of benzene rings is 1. The van der Waals surface area contributed by atoms with Crippen molar-refractivity contribution in [1.82, 2.24) is 0 Å². The summed E-state index contributed by atoms with van der Waals surface area (Å²) in [5.41, 5.74) is 2.47. The summed E-state index contributed by atoms with van der Waals surface area (Å²) in [6.07, 6.45) is 0.828. The molecule has 0 saturated heterocycles. The molecule has 0 amide bonds. The van der Waals surface area contributed by atoms with E-state index in [1.807, 2.05) is 12.1 Å². The number of fused-ring (bicyclic) bond motifs is 1. The quantitative estimate of drug-likeness (QED) is 0.868. The fourth-order valence-corrected chi connectivity index (χ4v) is 4.54. The molecule has 1 fully saturated rings. The Kier molecular flexibility index (Phi) is 4.82. The number of methoxy groups -OCH3 is 2. The third-order valence-electron chi connectivity index (χ3n) is 5.60. The van der Waals surface area contributed by atoms with Crippen molar-refractivity contribution in [1.29, 1.82) is 0 Å². The van der Waals surface area contributed by atoms with Crippen molar-refractivity contribution in [3.8, 4) is 11.5 Å². The highest BCUT2D eigenvalue weighted by atomic mass is 16.5. The summed E-state index contributed by atoms with van der Waals surface area (Å²) in [5.74, 6) is 0.937. The normalized spacial score (nSPS) is 29.5. The third kappa shape index (κ3) is 3.47. The first-order valence-corrected chi connectivity index (χ1v) is 9.28. The van der Waals surface area contributed by atoms with Gasteiger partial charge in [0.15, 0.2) is 11.5 Å². The van der Waals surface area contributed by atoms with E-state index in [2.05, 4.69) is 27.7 Å². The van der Waals surface area contributed by atoms with Gasteiger partial charge in [0.25, 0.3) is 0 Å². The number of hydrogen-bond acceptors (Lipinski definition) is 5. The second kappa shape index (κ2) is 6.54. The summed E-state index contributed by atoms with van der Waals surface area (Å²) in [4.78, 5) is 4.96. The molecule has 5 heteroatoms. The van der Waals surface area contributed by atoms with E-state index in [0.29, 0.717) is 24.3 Å². The number of hydrogen-bond donors (Lipinski definition) is 2. The van der Waals surface area contributed by atoms with Gasteiger partial charge in [-0.05, 0) is 56.2 Å². The van der Waals surface area contributed by atoms with Gasteiger partial charge in [0, 0.05) is 5.56 Å². The van der Waals surface area contributed by atoms with Crippen LogP contribution in [-0.4, -0.2) is 47.9 Å². The smallest absolute Gasteiger partial charge is 0.161 e. The van der Waals surface area contributed by atoms with Crippen LogP contribution in [0, 0.1) is 11.3 Å². The molecule has 0 spiro atoms. The maximum absolute atomic E-state index is 10.9. The molecule has 0 bridgehead atoms. The molecule has 3 rings (SSSR count). The summed E-state index contributed by atoms with van der Waals surface area (Å²) in [5, 5.41) is 21.7. The molecular formula is C21H31NO4. The maximum atomic E-state index is 10.9. The molecule has 5 nitrogen and oxygen atoms in total. The van der Waals surface area contributed by atoms with Crippen LogP contribution < -0.4 is 9.47 Å². The predicted octanol–water partition coefficient (Wildman–Crippen LogP) is 2.99. The van der Waals surface area contributed by atoms with Crippen LogP contribution in [0.25, 0.3) is 0 Å². The topological polar surface area (TPSA) is 71.3 Å². The Morgan fingerprint density at radius 1 is 0.962 bits per heavy atom. The largest absolute Gasteiger partial charge is 0.493 e. The zero-order valence-corrected chi connectivity index (χ0v) is 16.7. The Morgan fingerprint density at radius 2 is 1.50 bits per heavy atom. The second-order valence-electron chi connectivity index (χ2n) is 9.08. The Balaban J connectivity index is 2.11. The molecule has 2 unspecified atom stereocenters. The van der Waals surface area contributed by atoms with Crippen molar-refractivity contribution >= 4 is 5.71 Å². The van der Waals surface area contributed by atoms with Crippen LogP contribution >= 0.6 is 0 Å². The van der Waals surface area contributed by atoms with Gasteiger partial charge in [-0.3, -0.25) is 4.99 Å². The van der Waals surface area contributed by atoms with Crippen molar-refractivity contribution in [2.75, 3.05) is 14.2 Å². The summed E-state index contributed by atoms with van der Waals surface area (Å²) in [7, 11) is 3.24. The highest BCUT2D eigenvalue weighted by Gasteiger charge is 2.45. The van der Waals surface area contributed by atoms with Crippen LogP contribution in [0.3, 0.4) is 0 Å². The van der Waals surface area contributed by atoms with Gasteiger partial charge in [-0.2, -0.15) is 0 Å². The number of aliphatic hydroxyl groups is 2. The molecule has 1 aliphatic carbocycles. The van der Waals surface area contributed by atoms with Crippen LogP contribution in [0.5, 0.6) is 11.5 Å². The lowest BCUT2D eigenvalue weighted by Crippen LogP contribution is -2.49. The molecule has 2 atom stereocenters. The van der Waals surface area contributed by atoms with Crippen LogP contribution in [0.2, 0.25) is 0 Å². The van der Waals surface area contributed by atoms with Crippen molar-refractivity contribution in [2.24, 2.45) is 16.3 Å². The zero-order valence-electron chi connectivity index (χ0n) is 16.7. The van der Waals surface area contributed by atoms with E-state index in [0.717, 1.165) is 23.3 Å². The predicted molar refractivity (Wildman–Crippen MR) is 102 cm³/mol. The Labute approximate surface area is 156 Å².